The van der Waals surface area contributed by atoms with Crippen molar-refractivity contribution >= 4 is 17.1 Å². The van der Waals surface area contributed by atoms with Gasteiger partial charge in [0.25, 0.3) is 5.69 Å². The van der Waals surface area contributed by atoms with Gasteiger partial charge < -0.3 is 20.1 Å². The van der Waals surface area contributed by atoms with Crippen molar-refractivity contribution < 1.29 is 14.4 Å². The number of anilines is 2. The minimum Gasteiger partial charge on any atom is -0.496 e. The first-order valence-corrected chi connectivity index (χ1v) is 7.63. The molecule has 0 spiro atoms. The standard InChI is InChI=1S/C17H19N3O4/c1-23-15-4-3-5-16(24-2)12(15)10-19-17-11-8-9-18-13(11)6-7-14(17)20(21)22/h3-7,18-19H,8-10H2,1-2H3. The van der Waals surface area contributed by atoms with Crippen LogP contribution in [0.5, 0.6) is 11.5 Å². The first kappa shape index (κ1) is 15.9. The van der Waals surface area contributed by atoms with E-state index >= 15 is 0 Å². The van der Waals surface area contributed by atoms with Crippen LogP contribution in [0.15, 0.2) is 30.3 Å². The fourth-order valence-corrected chi connectivity index (χ4v) is 3.01. The first-order chi connectivity index (χ1) is 11.7. The van der Waals surface area contributed by atoms with E-state index in [1.165, 1.54) is 6.07 Å². The predicted molar refractivity (Wildman–Crippen MR) is 92.2 cm³/mol. The van der Waals surface area contributed by atoms with E-state index in [1.54, 1.807) is 20.3 Å². The molecule has 1 heterocycles. The van der Waals surface area contributed by atoms with Gasteiger partial charge in [-0.1, -0.05) is 6.07 Å². The summed E-state index contributed by atoms with van der Waals surface area (Å²) in [6, 6.07) is 8.80. The normalized spacial score (nSPS) is 12.2. The van der Waals surface area contributed by atoms with E-state index in [-0.39, 0.29) is 10.6 Å². The molecular formula is C17H19N3O4. The Morgan fingerprint density at radius 1 is 1.21 bits per heavy atom. The molecule has 0 saturated carbocycles. The Hall–Kier alpha value is -2.96. The monoisotopic (exact) mass is 329 g/mol. The van der Waals surface area contributed by atoms with Crippen molar-refractivity contribution in [3.05, 3.63) is 51.6 Å². The van der Waals surface area contributed by atoms with E-state index in [0.29, 0.717) is 23.7 Å². The number of rotatable bonds is 6. The lowest BCUT2D eigenvalue weighted by molar-refractivity contribution is -0.384. The molecule has 0 radical (unpaired) electrons. The van der Waals surface area contributed by atoms with Crippen LogP contribution in [0.25, 0.3) is 0 Å². The van der Waals surface area contributed by atoms with E-state index in [1.807, 2.05) is 18.2 Å². The van der Waals surface area contributed by atoms with Crippen molar-refractivity contribution in [2.24, 2.45) is 0 Å². The molecule has 0 atom stereocenters. The second kappa shape index (κ2) is 6.66. The minimum absolute atomic E-state index is 0.0753. The van der Waals surface area contributed by atoms with Crippen molar-refractivity contribution in [1.82, 2.24) is 0 Å². The number of ether oxygens (including phenoxy) is 2. The number of fused-ring (bicyclic) bond motifs is 1. The highest BCUT2D eigenvalue weighted by atomic mass is 16.6. The van der Waals surface area contributed by atoms with Gasteiger partial charge in [0.1, 0.15) is 17.2 Å². The Kier molecular flexibility index (Phi) is 4.41. The van der Waals surface area contributed by atoms with Crippen LogP contribution < -0.4 is 20.1 Å². The average Bonchev–Trinajstić information content (AvgIpc) is 3.07. The Labute approximate surface area is 139 Å². The van der Waals surface area contributed by atoms with Crippen LogP contribution in [0.2, 0.25) is 0 Å². The highest BCUT2D eigenvalue weighted by molar-refractivity contribution is 5.77. The lowest BCUT2D eigenvalue weighted by Gasteiger charge is -2.16. The van der Waals surface area contributed by atoms with E-state index in [4.69, 9.17) is 9.47 Å². The van der Waals surface area contributed by atoms with Crippen molar-refractivity contribution in [3.63, 3.8) is 0 Å². The molecule has 126 valence electrons. The van der Waals surface area contributed by atoms with Crippen LogP contribution in [0.1, 0.15) is 11.1 Å². The van der Waals surface area contributed by atoms with Crippen LogP contribution in [-0.4, -0.2) is 25.7 Å². The van der Waals surface area contributed by atoms with Crippen molar-refractivity contribution in [1.29, 1.82) is 0 Å². The molecule has 2 N–H and O–H groups in total. The van der Waals surface area contributed by atoms with E-state index in [9.17, 15) is 10.1 Å². The zero-order valence-corrected chi connectivity index (χ0v) is 13.6. The summed E-state index contributed by atoms with van der Waals surface area (Å²) < 4.78 is 10.8. The highest BCUT2D eigenvalue weighted by Crippen LogP contribution is 2.38. The average molecular weight is 329 g/mol. The summed E-state index contributed by atoms with van der Waals surface area (Å²) >= 11 is 0. The summed E-state index contributed by atoms with van der Waals surface area (Å²) in [6.45, 7) is 1.15. The third-order valence-electron chi connectivity index (χ3n) is 4.15. The Morgan fingerprint density at radius 3 is 2.54 bits per heavy atom. The van der Waals surface area contributed by atoms with Crippen molar-refractivity contribution in [2.45, 2.75) is 13.0 Å². The van der Waals surface area contributed by atoms with Crippen LogP contribution in [-0.2, 0) is 13.0 Å². The number of nitro groups is 1. The van der Waals surface area contributed by atoms with Gasteiger partial charge in [0.05, 0.1) is 24.7 Å². The molecule has 7 heteroatoms. The van der Waals surface area contributed by atoms with Crippen LogP contribution in [0.4, 0.5) is 17.1 Å². The van der Waals surface area contributed by atoms with Gasteiger partial charge in [-0.2, -0.15) is 0 Å². The molecular weight excluding hydrogens is 310 g/mol. The second-order valence-electron chi connectivity index (χ2n) is 5.41. The molecule has 0 bridgehead atoms. The molecule has 7 nitrogen and oxygen atoms in total. The number of hydrogen-bond donors (Lipinski definition) is 2. The molecule has 2 aromatic rings. The lowest BCUT2D eigenvalue weighted by Crippen LogP contribution is -2.07. The summed E-state index contributed by atoms with van der Waals surface area (Å²) in [5.41, 5.74) is 3.33. The fourth-order valence-electron chi connectivity index (χ4n) is 3.01. The molecule has 2 aromatic carbocycles. The minimum atomic E-state index is -0.361. The molecule has 0 aromatic heterocycles. The molecule has 1 aliphatic heterocycles. The maximum absolute atomic E-state index is 11.4. The lowest BCUT2D eigenvalue weighted by atomic mass is 10.1. The second-order valence-corrected chi connectivity index (χ2v) is 5.41. The maximum atomic E-state index is 11.4. The number of benzene rings is 2. The quantitative estimate of drug-likeness (QED) is 0.625. The first-order valence-electron chi connectivity index (χ1n) is 7.63. The third-order valence-corrected chi connectivity index (χ3v) is 4.15. The van der Waals surface area contributed by atoms with Crippen LogP contribution >= 0.6 is 0 Å². The molecule has 24 heavy (non-hydrogen) atoms. The van der Waals surface area contributed by atoms with Crippen LogP contribution in [0.3, 0.4) is 0 Å². The van der Waals surface area contributed by atoms with Gasteiger partial charge in [-0.05, 0) is 24.6 Å². The molecule has 0 saturated heterocycles. The van der Waals surface area contributed by atoms with Gasteiger partial charge >= 0.3 is 0 Å². The summed E-state index contributed by atoms with van der Waals surface area (Å²) in [5.74, 6) is 1.35. The summed E-state index contributed by atoms with van der Waals surface area (Å²) in [5, 5.41) is 17.8. The zero-order valence-electron chi connectivity index (χ0n) is 13.6. The van der Waals surface area contributed by atoms with Crippen LogP contribution in [0, 0.1) is 10.1 Å². The molecule has 0 amide bonds. The molecule has 0 aliphatic carbocycles. The Bertz CT molecular complexity index is 754. The Balaban J connectivity index is 1.96. The largest absolute Gasteiger partial charge is 0.496 e. The third kappa shape index (κ3) is 2.80. The number of hydrogen-bond acceptors (Lipinski definition) is 6. The number of methoxy groups -OCH3 is 2. The summed E-state index contributed by atoms with van der Waals surface area (Å²) in [4.78, 5) is 11.0. The maximum Gasteiger partial charge on any atom is 0.292 e. The van der Waals surface area contributed by atoms with Crippen molar-refractivity contribution in [3.8, 4) is 11.5 Å². The summed E-state index contributed by atoms with van der Waals surface area (Å²) in [6.07, 6.45) is 0.752. The smallest absolute Gasteiger partial charge is 0.292 e. The summed E-state index contributed by atoms with van der Waals surface area (Å²) in [7, 11) is 3.18. The number of nitrogens with zero attached hydrogens (tertiary/aromatic N) is 1. The van der Waals surface area contributed by atoms with E-state index in [2.05, 4.69) is 10.6 Å². The van der Waals surface area contributed by atoms with Gasteiger partial charge in [-0.25, -0.2) is 0 Å². The van der Waals surface area contributed by atoms with Gasteiger partial charge in [0, 0.05) is 30.4 Å². The molecule has 0 unspecified atom stereocenters. The predicted octanol–water partition coefficient (Wildman–Crippen LogP) is 3.19. The van der Waals surface area contributed by atoms with Gasteiger partial charge in [0.2, 0.25) is 0 Å². The fraction of sp³-hybridized carbons (Fsp3) is 0.294. The van der Waals surface area contributed by atoms with E-state index < -0.39 is 0 Å². The molecule has 0 fully saturated rings. The number of nitrogens with one attached hydrogen (secondary N) is 2. The van der Waals surface area contributed by atoms with Gasteiger partial charge in [-0.15, -0.1) is 0 Å². The topological polar surface area (TPSA) is 85.7 Å². The van der Waals surface area contributed by atoms with Gasteiger partial charge in [0.15, 0.2) is 0 Å². The molecule has 1 aliphatic rings. The molecule has 3 rings (SSSR count). The Morgan fingerprint density at radius 2 is 1.92 bits per heavy atom. The van der Waals surface area contributed by atoms with Crippen molar-refractivity contribution in [2.75, 3.05) is 31.4 Å². The number of nitro benzene ring substituents is 1. The van der Waals surface area contributed by atoms with Gasteiger partial charge in [-0.3, -0.25) is 10.1 Å². The SMILES string of the molecule is COc1cccc(OC)c1CNc1c([N+](=O)[O-])ccc2c1CCN2. The highest BCUT2D eigenvalue weighted by Gasteiger charge is 2.24. The zero-order chi connectivity index (χ0) is 17.1. The van der Waals surface area contributed by atoms with E-state index in [0.717, 1.165) is 29.8 Å².